The van der Waals surface area contributed by atoms with E-state index in [0.29, 0.717) is 6.61 Å². The lowest BCUT2D eigenvalue weighted by Crippen LogP contribution is -2.15. The molecule has 1 aromatic rings. The van der Waals surface area contributed by atoms with Crippen molar-refractivity contribution in [2.75, 3.05) is 18.5 Å². The number of rotatable bonds is 6. The van der Waals surface area contributed by atoms with Gasteiger partial charge in [-0.1, -0.05) is 19.4 Å². The maximum Gasteiger partial charge on any atom is 0.411 e. The summed E-state index contributed by atoms with van der Waals surface area (Å²) in [6.07, 6.45) is 1.01. The molecular weight excluding hydrogens is 262 g/mol. The van der Waals surface area contributed by atoms with Crippen molar-refractivity contribution in [3.63, 3.8) is 0 Å². The summed E-state index contributed by atoms with van der Waals surface area (Å²) in [5.74, 6) is -0.980. The van der Waals surface area contributed by atoms with Gasteiger partial charge in [0.2, 0.25) is 0 Å². The molecule has 0 aliphatic rings. The number of ether oxygens (including phenoxy) is 2. The number of anilines is 1. The topological polar surface area (TPSA) is 84.9 Å². The first kappa shape index (κ1) is 15.8. The molecule has 20 heavy (non-hydrogen) atoms. The van der Waals surface area contributed by atoms with Crippen LogP contribution in [0.2, 0.25) is 0 Å². The van der Waals surface area contributed by atoms with Crippen LogP contribution in [-0.4, -0.2) is 30.4 Å². The highest BCUT2D eigenvalue weighted by molar-refractivity contribution is 5.97. The number of carbonyl (C=O) groups excluding carboxylic acids is 2. The number of phenols is 1. The second-order valence-corrected chi connectivity index (χ2v) is 4.04. The zero-order valence-corrected chi connectivity index (χ0v) is 11.6. The van der Waals surface area contributed by atoms with E-state index in [1.807, 2.05) is 6.92 Å². The summed E-state index contributed by atoms with van der Waals surface area (Å²) in [7, 11) is 0. The molecule has 0 bridgehead atoms. The van der Waals surface area contributed by atoms with Crippen LogP contribution >= 0.6 is 0 Å². The van der Waals surface area contributed by atoms with Crippen LogP contribution in [0.4, 0.5) is 10.5 Å². The number of aromatic hydroxyl groups is 1. The lowest BCUT2D eigenvalue weighted by Gasteiger charge is -2.10. The highest BCUT2D eigenvalue weighted by Gasteiger charge is 2.16. The molecule has 0 aliphatic heterocycles. The number of hydrogen-bond donors (Lipinski definition) is 2. The number of hydrogen-bond acceptors (Lipinski definition) is 5. The highest BCUT2D eigenvalue weighted by Crippen LogP contribution is 2.28. The van der Waals surface area contributed by atoms with Crippen molar-refractivity contribution in [3.05, 3.63) is 23.8 Å². The first-order valence-corrected chi connectivity index (χ1v) is 6.53. The molecule has 0 radical (unpaired) electrons. The zero-order chi connectivity index (χ0) is 15.0. The molecule has 6 heteroatoms. The van der Waals surface area contributed by atoms with E-state index >= 15 is 0 Å². The average molecular weight is 281 g/mol. The Morgan fingerprint density at radius 1 is 1.25 bits per heavy atom. The maximum absolute atomic E-state index is 11.6. The van der Waals surface area contributed by atoms with Crippen LogP contribution in [0.5, 0.6) is 5.75 Å². The summed E-state index contributed by atoms with van der Waals surface area (Å²) in [5, 5.41) is 12.3. The number of benzene rings is 1. The summed E-state index contributed by atoms with van der Waals surface area (Å²) in [5.41, 5.74) is 0.107. The van der Waals surface area contributed by atoms with Crippen molar-refractivity contribution in [2.24, 2.45) is 0 Å². The summed E-state index contributed by atoms with van der Waals surface area (Å²) in [6, 6.07) is 4.42. The summed E-state index contributed by atoms with van der Waals surface area (Å²) >= 11 is 0. The molecule has 0 aliphatic carbocycles. The van der Waals surface area contributed by atoms with E-state index < -0.39 is 12.1 Å². The number of amides is 1. The molecule has 2 N–H and O–H groups in total. The lowest BCUT2D eigenvalue weighted by molar-refractivity contribution is 0.0523. The standard InChI is InChI=1S/C14H19NO5/c1-3-5-9-20-14(18)15-11-8-6-7-10(12(11)16)13(17)19-4-2/h6-8,16H,3-5,9H2,1-2H3,(H,15,18). The number of para-hydroxylation sites is 1. The predicted molar refractivity (Wildman–Crippen MR) is 73.9 cm³/mol. The molecule has 1 rings (SSSR count). The lowest BCUT2D eigenvalue weighted by atomic mass is 10.1. The molecule has 1 aromatic carbocycles. The Kier molecular flexibility index (Phi) is 6.36. The smallest absolute Gasteiger partial charge is 0.411 e. The fourth-order valence-electron chi connectivity index (χ4n) is 1.47. The van der Waals surface area contributed by atoms with Crippen molar-refractivity contribution in [1.82, 2.24) is 0 Å². The number of carbonyl (C=O) groups is 2. The predicted octanol–water partition coefficient (Wildman–Crippen LogP) is 2.92. The van der Waals surface area contributed by atoms with Gasteiger partial charge in [-0.25, -0.2) is 9.59 Å². The van der Waals surface area contributed by atoms with E-state index in [1.165, 1.54) is 18.2 Å². The van der Waals surface area contributed by atoms with Crippen LogP contribution in [-0.2, 0) is 9.47 Å². The van der Waals surface area contributed by atoms with Crippen molar-refractivity contribution >= 4 is 17.7 Å². The first-order valence-electron chi connectivity index (χ1n) is 6.53. The molecule has 0 aromatic heterocycles. The summed E-state index contributed by atoms with van der Waals surface area (Å²) < 4.78 is 9.72. The highest BCUT2D eigenvalue weighted by atomic mass is 16.5. The van der Waals surface area contributed by atoms with Gasteiger partial charge in [-0.2, -0.15) is 0 Å². The van der Waals surface area contributed by atoms with Crippen molar-refractivity contribution in [1.29, 1.82) is 0 Å². The molecule has 1 amide bonds. The Morgan fingerprint density at radius 2 is 2.00 bits per heavy atom. The number of nitrogens with one attached hydrogen (secondary N) is 1. The van der Waals surface area contributed by atoms with E-state index in [9.17, 15) is 14.7 Å². The van der Waals surface area contributed by atoms with Gasteiger partial charge in [-0.05, 0) is 25.5 Å². The van der Waals surface area contributed by atoms with E-state index in [0.717, 1.165) is 12.8 Å². The molecular formula is C14H19NO5. The third kappa shape index (κ3) is 4.46. The van der Waals surface area contributed by atoms with Crippen molar-refractivity contribution in [3.8, 4) is 5.75 Å². The Bertz CT molecular complexity index is 473. The Labute approximate surface area is 117 Å². The zero-order valence-electron chi connectivity index (χ0n) is 11.6. The third-order valence-corrected chi connectivity index (χ3v) is 2.50. The van der Waals surface area contributed by atoms with Crippen LogP contribution < -0.4 is 5.32 Å². The Morgan fingerprint density at radius 3 is 2.65 bits per heavy atom. The van der Waals surface area contributed by atoms with E-state index in [2.05, 4.69) is 5.32 Å². The molecule has 0 heterocycles. The van der Waals surface area contributed by atoms with E-state index in [1.54, 1.807) is 6.92 Å². The number of esters is 1. The second kappa shape index (κ2) is 8.04. The average Bonchev–Trinajstić information content (AvgIpc) is 2.41. The van der Waals surface area contributed by atoms with Crippen molar-refractivity contribution in [2.45, 2.75) is 26.7 Å². The third-order valence-electron chi connectivity index (χ3n) is 2.50. The normalized spacial score (nSPS) is 9.90. The molecule has 0 spiro atoms. The van der Waals surface area contributed by atoms with Crippen molar-refractivity contribution < 1.29 is 24.2 Å². The SMILES string of the molecule is CCCCOC(=O)Nc1cccc(C(=O)OCC)c1O. The van der Waals surface area contributed by atoms with Gasteiger partial charge in [0.1, 0.15) is 5.56 Å². The van der Waals surface area contributed by atoms with Gasteiger partial charge in [-0.3, -0.25) is 5.32 Å². The molecule has 6 nitrogen and oxygen atoms in total. The fraction of sp³-hybridized carbons (Fsp3) is 0.429. The molecule has 0 unspecified atom stereocenters. The Balaban J connectivity index is 2.74. The summed E-state index contributed by atoms with van der Waals surface area (Å²) in [4.78, 5) is 23.1. The van der Waals surface area contributed by atoms with Crippen LogP contribution in [0.3, 0.4) is 0 Å². The van der Waals surface area contributed by atoms with Gasteiger partial charge in [-0.15, -0.1) is 0 Å². The fourth-order valence-corrected chi connectivity index (χ4v) is 1.47. The minimum Gasteiger partial charge on any atom is -0.505 e. The minimum absolute atomic E-state index is 0.00166. The van der Waals surface area contributed by atoms with E-state index in [-0.39, 0.29) is 23.6 Å². The monoisotopic (exact) mass is 281 g/mol. The quantitative estimate of drug-likeness (QED) is 0.476. The Hall–Kier alpha value is -2.24. The maximum atomic E-state index is 11.6. The van der Waals surface area contributed by atoms with Gasteiger partial charge >= 0.3 is 12.1 Å². The van der Waals surface area contributed by atoms with Gasteiger partial charge in [0, 0.05) is 0 Å². The van der Waals surface area contributed by atoms with Crippen LogP contribution in [0.15, 0.2) is 18.2 Å². The van der Waals surface area contributed by atoms with E-state index in [4.69, 9.17) is 9.47 Å². The largest absolute Gasteiger partial charge is 0.505 e. The molecule has 0 saturated heterocycles. The van der Waals surface area contributed by atoms with Gasteiger partial charge in [0.25, 0.3) is 0 Å². The number of unbranched alkanes of at least 4 members (excludes halogenated alkanes) is 1. The number of phenolic OH excluding ortho intramolecular Hbond substituents is 1. The molecule has 0 fully saturated rings. The molecule has 0 atom stereocenters. The van der Waals surface area contributed by atoms with Crippen LogP contribution in [0.1, 0.15) is 37.0 Å². The van der Waals surface area contributed by atoms with Crippen LogP contribution in [0, 0.1) is 0 Å². The first-order chi connectivity index (χ1) is 9.60. The minimum atomic E-state index is -0.672. The van der Waals surface area contributed by atoms with Gasteiger partial charge in [0.15, 0.2) is 5.75 Å². The second-order valence-electron chi connectivity index (χ2n) is 4.04. The van der Waals surface area contributed by atoms with Crippen LogP contribution in [0.25, 0.3) is 0 Å². The summed E-state index contributed by atoms with van der Waals surface area (Å²) in [6.45, 7) is 4.16. The molecule has 110 valence electrons. The molecule has 0 saturated carbocycles. The van der Waals surface area contributed by atoms with Gasteiger partial charge < -0.3 is 14.6 Å². The van der Waals surface area contributed by atoms with Gasteiger partial charge in [0.05, 0.1) is 18.9 Å².